The molecule has 0 aliphatic heterocycles. The van der Waals surface area contributed by atoms with E-state index in [0.29, 0.717) is 23.4 Å². The molecule has 1 amide bonds. The molecule has 1 saturated carbocycles. The second-order valence-electron chi connectivity index (χ2n) is 7.81. The van der Waals surface area contributed by atoms with Gasteiger partial charge in [0.05, 0.1) is 7.11 Å². The van der Waals surface area contributed by atoms with Gasteiger partial charge in [-0.25, -0.2) is 4.79 Å². The van der Waals surface area contributed by atoms with E-state index in [-0.39, 0.29) is 0 Å². The first-order valence-electron chi connectivity index (χ1n) is 7.85. The van der Waals surface area contributed by atoms with Crippen LogP contribution >= 0.6 is 0 Å². The molecule has 0 aromatic heterocycles. The summed E-state index contributed by atoms with van der Waals surface area (Å²) in [5.74, 6) is -0.365. The second kappa shape index (κ2) is 5.69. The van der Waals surface area contributed by atoms with Crippen molar-refractivity contribution in [1.29, 1.82) is 0 Å². The van der Waals surface area contributed by atoms with E-state index in [1.165, 1.54) is 7.11 Å². The summed E-state index contributed by atoms with van der Waals surface area (Å²) >= 11 is 0. The number of anilines is 1. The van der Waals surface area contributed by atoms with E-state index in [1.54, 1.807) is 39.0 Å². The van der Waals surface area contributed by atoms with Gasteiger partial charge in [-0.05, 0) is 56.4 Å². The van der Waals surface area contributed by atoms with Crippen molar-refractivity contribution in [2.75, 3.05) is 12.4 Å². The largest absolute Gasteiger partial charge is 0.497 e. The first kappa shape index (κ1) is 18.1. The third kappa shape index (κ3) is 3.18. The lowest BCUT2D eigenvalue weighted by Gasteiger charge is -2.23. The molecule has 1 fully saturated rings. The number of carboxylic acids is 1. The Labute approximate surface area is 142 Å². The van der Waals surface area contributed by atoms with E-state index in [1.807, 2.05) is 13.8 Å². The van der Waals surface area contributed by atoms with Gasteiger partial charge in [0.25, 0.3) is 0 Å². The van der Waals surface area contributed by atoms with Crippen LogP contribution in [0, 0.1) is 5.41 Å². The number of ether oxygens (including phenoxy) is 2. The maximum Gasteiger partial charge on any atom is 0.412 e. The molecule has 2 rings (SSSR count). The summed E-state index contributed by atoms with van der Waals surface area (Å²) in [5.41, 5.74) is -1.13. The Morgan fingerprint density at radius 3 is 2.25 bits per heavy atom. The molecule has 0 radical (unpaired) electrons. The number of carbonyl (C=O) groups is 2. The monoisotopic (exact) mass is 335 g/mol. The van der Waals surface area contributed by atoms with Gasteiger partial charge in [-0.2, -0.15) is 0 Å². The summed E-state index contributed by atoms with van der Waals surface area (Å²) in [6, 6.07) is 5.01. The predicted molar refractivity (Wildman–Crippen MR) is 90.6 cm³/mol. The minimum atomic E-state index is -1.05. The lowest BCUT2D eigenvalue weighted by molar-refractivity contribution is -0.141. The van der Waals surface area contributed by atoms with E-state index in [2.05, 4.69) is 5.32 Å². The average Bonchev–Trinajstić information content (AvgIpc) is 3.01. The number of methoxy groups -OCH3 is 1. The lowest BCUT2D eigenvalue weighted by Crippen LogP contribution is -2.30. The molecule has 2 N–H and O–H groups in total. The van der Waals surface area contributed by atoms with E-state index in [0.717, 1.165) is 0 Å². The Morgan fingerprint density at radius 2 is 1.83 bits per heavy atom. The summed E-state index contributed by atoms with van der Waals surface area (Å²) < 4.78 is 10.5. The number of nitrogens with one attached hydrogen (secondary N) is 1. The SMILES string of the molecule is COc1ccc(NC(=O)OC(C)(C)C)c(C2(C(=O)O)CC2(C)C)c1. The third-order valence-electron chi connectivity index (χ3n) is 4.42. The summed E-state index contributed by atoms with van der Waals surface area (Å²) in [6.07, 6.45) is -0.126. The minimum absolute atomic E-state index is 0.407. The zero-order valence-electron chi connectivity index (χ0n) is 15.0. The molecular weight excluding hydrogens is 310 g/mol. The van der Waals surface area contributed by atoms with Gasteiger partial charge in [-0.3, -0.25) is 10.1 Å². The van der Waals surface area contributed by atoms with Crippen LogP contribution in [-0.2, 0) is 14.9 Å². The highest BCUT2D eigenvalue weighted by atomic mass is 16.6. The van der Waals surface area contributed by atoms with E-state index in [4.69, 9.17) is 9.47 Å². The van der Waals surface area contributed by atoms with Crippen molar-refractivity contribution in [2.24, 2.45) is 5.41 Å². The van der Waals surface area contributed by atoms with Crippen molar-refractivity contribution in [3.05, 3.63) is 23.8 Å². The number of amides is 1. The third-order valence-corrected chi connectivity index (χ3v) is 4.42. The Kier molecular flexibility index (Phi) is 4.29. The van der Waals surface area contributed by atoms with Crippen molar-refractivity contribution in [3.8, 4) is 5.75 Å². The summed E-state index contributed by atoms with van der Waals surface area (Å²) in [6.45, 7) is 9.11. The van der Waals surface area contributed by atoms with Crippen molar-refractivity contribution in [2.45, 2.75) is 52.1 Å². The van der Waals surface area contributed by atoms with Crippen molar-refractivity contribution in [1.82, 2.24) is 0 Å². The lowest BCUT2D eigenvalue weighted by atomic mass is 9.86. The van der Waals surface area contributed by atoms with Gasteiger partial charge in [-0.1, -0.05) is 13.8 Å². The molecule has 24 heavy (non-hydrogen) atoms. The van der Waals surface area contributed by atoms with Gasteiger partial charge in [0.2, 0.25) is 0 Å². The number of hydrogen-bond donors (Lipinski definition) is 2. The van der Waals surface area contributed by atoms with Gasteiger partial charge < -0.3 is 14.6 Å². The van der Waals surface area contributed by atoms with Crippen LogP contribution in [0.25, 0.3) is 0 Å². The first-order chi connectivity index (χ1) is 10.9. The van der Waals surface area contributed by atoms with Crippen LogP contribution in [0.15, 0.2) is 18.2 Å². The van der Waals surface area contributed by atoms with Gasteiger partial charge in [0, 0.05) is 5.69 Å². The number of carbonyl (C=O) groups excluding carboxylic acids is 1. The van der Waals surface area contributed by atoms with Crippen LogP contribution in [0.5, 0.6) is 5.75 Å². The number of rotatable bonds is 4. The average molecular weight is 335 g/mol. The summed E-state index contributed by atoms with van der Waals surface area (Å²) in [4.78, 5) is 24.1. The zero-order chi connectivity index (χ0) is 18.3. The summed E-state index contributed by atoms with van der Waals surface area (Å²) in [7, 11) is 1.52. The van der Waals surface area contributed by atoms with Gasteiger partial charge in [0.1, 0.15) is 16.8 Å². The maximum absolute atomic E-state index is 12.1. The number of hydrogen-bond acceptors (Lipinski definition) is 4. The molecule has 1 aromatic rings. The van der Waals surface area contributed by atoms with E-state index in [9.17, 15) is 14.7 Å². The fourth-order valence-corrected chi connectivity index (χ4v) is 3.08. The van der Waals surface area contributed by atoms with Crippen LogP contribution in [0.2, 0.25) is 0 Å². The minimum Gasteiger partial charge on any atom is -0.497 e. The molecule has 1 aliphatic rings. The molecule has 1 aliphatic carbocycles. The van der Waals surface area contributed by atoms with Crippen LogP contribution in [0.3, 0.4) is 0 Å². The van der Waals surface area contributed by atoms with E-state index < -0.39 is 28.5 Å². The van der Waals surface area contributed by atoms with E-state index >= 15 is 0 Å². The first-order valence-corrected chi connectivity index (χ1v) is 7.85. The Morgan fingerprint density at radius 1 is 1.25 bits per heavy atom. The van der Waals surface area contributed by atoms with Crippen LogP contribution in [-0.4, -0.2) is 29.9 Å². The molecule has 6 nitrogen and oxygen atoms in total. The molecule has 0 saturated heterocycles. The molecule has 6 heteroatoms. The normalized spacial score (nSPS) is 21.8. The fourth-order valence-electron chi connectivity index (χ4n) is 3.08. The predicted octanol–water partition coefficient (Wildman–Crippen LogP) is 3.79. The zero-order valence-corrected chi connectivity index (χ0v) is 15.0. The topological polar surface area (TPSA) is 84.9 Å². The standard InChI is InChI=1S/C18H25NO5/c1-16(2,3)24-15(22)19-13-8-7-11(23-6)9-12(13)18(14(20)21)10-17(18,4)5/h7-9H,10H2,1-6H3,(H,19,22)(H,20,21). The highest BCUT2D eigenvalue weighted by molar-refractivity contribution is 5.93. The highest BCUT2D eigenvalue weighted by Gasteiger charge is 2.68. The number of aliphatic carboxylic acids is 1. The maximum atomic E-state index is 12.1. The highest BCUT2D eigenvalue weighted by Crippen LogP contribution is 2.66. The van der Waals surface area contributed by atoms with Crippen molar-refractivity contribution >= 4 is 17.7 Å². The van der Waals surface area contributed by atoms with Gasteiger partial charge in [-0.15, -0.1) is 0 Å². The van der Waals surface area contributed by atoms with Crippen LogP contribution in [0.1, 0.15) is 46.6 Å². The van der Waals surface area contributed by atoms with Gasteiger partial charge in [0.15, 0.2) is 0 Å². The quantitative estimate of drug-likeness (QED) is 0.874. The van der Waals surface area contributed by atoms with Crippen LogP contribution in [0.4, 0.5) is 10.5 Å². The summed E-state index contributed by atoms with van der Waals surface area (Å²) in [5, 5.41) is 12.5. The van der Waals surface area contributed by atoms with Crippen LogP contribution < -0.4 is 10.1 Å². The number of benzene rings is 1. The second-order valence-corrected chi connectivity index (χ2v) is 7.81. The van der Waals surface area contributed by atoms with Crippen molar-refractivity contribution in [3.63, 3.8) is 0 Å². The molecule has 0 spiro atoms. The molecular formula is C18H25NO5. The fraction of sp³-hybridized carbons (Fsp3) is 0.556. The van der Waals surface area contributed by atoms with Gasteiger partial charge >= 0.3 is 12.1 Å². The molecule has 1 unspecified atom stereocenters. The Hall–Kier alpha value is -2.24. The van der Waals surface area contributed by atoms with Crippen molar-refractivity contribution < 1.29 is 24.2 Å². The number of carboxylic acid groups (broad SMARTS) is 1. The molecule has 132 valence electrons. The molecule has 0 heterocycles. The molecule has 1 aromatic carbocycles. The molecule has 0 bridgehead atoms. The smallest absolute Gasteiger partial charge is 0.412 e. The Balaban J connectivity index is 2.43. The Bertz CT molecular complexity index is 674. The molecule has 1 atom stereocenters.